The zero-order valence-corrected chi connectivity index (χ0v) is 21.5. The molecule has 8 heteroatoms. The molecule has 196 valence electrons. The lowest BCUT2D eigenvalue weighted by Gasteiger charge is -2.32. The lowest BCUT2D eigenvalue weighted by atomic mass is 10.1. The molecule has 0 unspecified atom stereocenters. The number of benzene rings is 1. The van der Waals surface area contributed by atoms with E-state index in [1.807, 2.05) is 30.3 Å². The van der Waals surface area contributed by atoms with Gasteiger partial charge in [-0.2, -0.15) is 0 Å². The van der Waals surface area contributed by atoms with Crippen LogP contribution in [0.4, 0.5) is 4.79 Å². The molecule has 1 heterocycles. The van der Waals surface area contributed by atoms with Crippen molar-refractivity contribution < 1.29 is 23.9 Å². The number of carbonyl (C=O) groups excluding carboxylic acids is 3. The van der Waals surface area contributed by atoms with Crippen LogP contribution >= 0.6 is 0 Å². The fourth-order valence-electron chi connectivity index (χ4n) is 4.80. The Balaban J connectivity index is 1.73. The summed E-state index contributed by atoms with van der Waals surface area (Å²) in [7, 11) is 1.62. The summed E-state index contributed by atoms with van der Waals surface area (Å²) in [6.45, 7) is 11.0. The number of likely N-dealkylation sites (tertiary alicyclic amines) is 1. The molecule has 0 radical (unpaired) electrons. The summed E-state index contributed by atoms with van der Waals surface area (Å²) in [6, 6.07) is 6.86. The Labute approximate surface area is 214 Å². The molecule has 1 N–H and O–H groups in total. The third-order valence-electron chi connectivity index (χ3n) is 6.98. The predicted octanol–water partition coefficient (Wildman–Crippen LogP) is 4.06. The van der Waals surface area contributed by atoms with Gasteiger partial charge in [-0.15, -0.1) is 13.2 Å². The van der Waals surface area contributed by atoms with Crippen molar-refractivity contribution in [3.05, 3.63) is 55.1 Å². The van der Waals surface area contributed by atoms with Gasteiger partial charge in [0.1, 0.15) is 17.3 Å². The molecule has 2 fully saturated rings. The topological polar surface area (TPSA) is 88.2 Å². The molecule has 1 saturated heterocycles. The van der Waals surface area contributed by atoms with Gasteiger partial charge in [0.15, 0.2) is 0 Å². The van der Waals surface area contributed by atoms with Crippen molar-refractivity contribution in [1.82, 2.24) is 15.1 Å². The number of nitrogens with one attached hydrogen (secondary N) is 1. The van der Waals surface area contributed by atoms with Gasteiger partial charge in [-0.05, 0) is 63.1 Å². The van der Waals surface area contributed by atoms with Gasteiger partial charge in [0, 0.05) is 25.6 Å². The third kappa shape index (κ3) is 6.28. The summed E-state index contributed by atoms with van der Waals surface area (Å²) >= 11 is 0. The number of methoxy groups -OCH3 is 1. The quantitative estimate of drug-likeness (QED) is 0.252. The second kappa shape index (κ2) is 12.6. The van der Waals surface area contributed by atoms with Gasteiger partial charge in [0.05, 0.1) is 13.7 Å². The number of unbranched alkanes of at least 4 members (excludes halogenated alkanes) is 2. The van der Waals surface area contributed by atoms with E-state index in [-0.39, 0.29) is 24.5 Å². The number of rotatable bonds is 13. The minimum atomic E-state index is -1.07. The van der Waals surface area contributed by atoms with Crippen LogP contribution in [0.5, 0.6) is 5.75 Å². The van der Waals surface area contributed by atoms with Gasteiger partial charge in [-0.3, -0.25) is 4.79 Å². The Morgan fingerprint density at radius 1 is 1.22 bits per heavy atom. The van der Waals surface area contributed by atoms with Crippen molar-refractivity contribution in [2.75, 3.05) is 26.8 Å². The molecule has 1 aliphatic heterocycles. The minimum Gasteiger partial charge on any atom is -0.497 e. The minimum absolute atomic E-state index is 0.164. The van der Waals surface area contributed by atoms with E-state index in [9.17, 15) is 14.4 Å². The molecule has 0 aromatic heterocycles. The van der Waals surface area contributed by atoms with Crippen molar-refractivity contribution in [2.24, 2.45) is 5.92 Å². The number of hydrogen-bond donors (Lipinski definition) is 1. The first-order valence-corrected chi connectivity index (χ1v) is 12.8. The highest BCUT2D eigenvalue weighted by Gasteiger charge is 2.61. The number of nitrogens with zero attached hydrogens (tertiary/aromatic N) is 2. The molecule has 2 aliphatic rings. The Bertz CT molecular complexity index is 947. The molecular weight excluding hydrogens is 458 g/mol. The zero-order valence-electron chi connectivity index (χ0n) is 21.5. The highest BCUT2D eigenvalue weighted by Crippen LogP contribution is 2.45. The number of urea groups is 1. The first kappa shape index (κ1) is 27.3. The van der Waals surface area contributed by atoms with Gasteiger partial charge in [0.25, 0.3) is 0 Å². The first-order chi connectivity index (χ1) is 17.4. The summed E-state index contributed by atoms with van der Waals surface area (Å²) in [4.78, 5) is 43.1. The number of hydrogen-bond acceptors (Lipinski definition) is 5. The number of amides is 3. The summed E-state index contributed by atoms with van der Waals surface area (Å²) in [5.41, 5.74) is -0.0827. The van der Waals surface area contributed by atoms with Crippen molar-refractivity contribution in [3.63, 3.8) is 0 Å². The van der Waals surface area contributed by atoms with Crippen LogP contribution < -0.4 is 10.1 Å². The molecule has 1 aromatic carbocycles. The van der Waals surface area contributed by atoms with Gasteiger partial charge in [0.2, 0.25) is 5.91 Å². The Morgan fingerprint density at radius 3 is 2.58 bits per heavy atom. The van der Waals surface area contributed by atoms with Gasteiger partial charge >= 0.3 is 12.0 Å². The van der Waals surface area contributed by atoms with Crippen LogP contribution in [0.15, 0.2) is 49.6 Å². The van der Waals surface area contributed by atoms with E-state index < -0.39 is 17.6 Å². The van der Waals surface area contributed by atoms with E-state index in [1.54, 1.807) is 29.9 Å². The molecule has 3 rings (SSSR count). The fourth-order valence-corrected chi connectivity index (χ4v) is 4.80. The molecular formula is C28H39N3O5. The van der Waals surface area contributed by atoms with Gasteiger partial charge < -0.3 is 24.6 Å². The van der Waals surface area contributed by atoms with Crippen LogP contribution in [0.1, 0.15) is 51.0 Å². The largest absolute Gasteiger partial charge is 0.497 e. The summed E-state index contributed by atoms with van der Waals surface area (Å²) in [5, 5.41) is 2.92. The van der Waals surface area contributed by atoms with Gasteiger partial charge in [-0.25, -0.2) is 9.59 Å². The Morgan fingerprint density at radius 2 is 1.97 bits per heavy atom. The van der Waals surface area contributed by atoms with E-state index in [1.165, 1.54) is 0 Å². The zero-order chi connectivity index (χ0) is 26.1. The molecule has 3 amide bonds. The summed E-state index contributed by atoms with van der Waals surface area (Å²) in [6.07, 6.45) is 7.97. The average molecular weight is 498 g/mol. The monoisotopic (exact) mass is 497 g/mol. The Kier molecular flexibility index (Phi) is 9.56. The number of allylic oxidation sites excluding steroid dienone is 1. The smallest absolute Gasteiger partial charge is 0.332 e. The van der Waals surface area contributed by atoms with E-state index >= 15 is 0 Å². The molecule has 1 aromatic rings. The molecule has 3 atom stereocenters. The van der Waals surface area contributed by atoms with Crippen LogP contribution in [0.2, 0.25) is 0 Å². The molecule has 8 nitrogen and oxygen atoms in total. The van der Waals surface area contributed by atoms with Crippen molar-refractivity contribution in [2.45, 2.75) is 63.6 Å². The second-order valence-electron chi connectivity index (χ2n) is 9.42. The number of ether oxygens (including phenoxy) is 2. The van der Waals surface area contributed by atoms with E-state index in [4.69, 9.17) is 9.47 Å². The average Bonchev–Trinajstić information content (AvgIpc) is 3.37. The van der Waals surface area contributed by atoms with Crippen LogP contribution in [0, 0.1) is 5.92 Å². The third-order valence-corrected chi connectivity index (χ3v) is 6.98. The molecule has 0 bridgehead atoms. The molecule has 0 spiro atoms. The van der Waals surface area contributed by atoms with Crippen molar-refractivity contribution >= 4 is 17.9 Å². The summed E-state index contributed by atoms with van der Waals surface area (Å²) < 4.78 is 10.5. The lowest BCUT2D eigenvalue weighted by molar-refractivity contribution is -0.149. The Hall–Kier alpha value is -3.29. The highest BCUT2D eigenvalue weighted by atomic mass is 16.5. The van der Waals surface area contributed by atoms with E-state index in [0.29, 0.717) is 32.5 Å². The van der Waals surface area contributed by atoms with Crippen LogP contribution in [-0.4, -0.2) is 66.1 Å². The molecule has 1 saturated carbocycles. The maximum Gasteiger partial charge on any atom is 0.332 e. The normalized spacial score (nSPS) is 22.4. The predicted molar refractivity (Wildman–Crippen MR) is 138 cm³/mol. The maximum absolute atomic E-state index is 13.7. The standard InChI is InChI=1S/C28H39N3O5/c1-5-8-9-10-17-30(20-21-13-15-23(35-4)16-14-21)27(34)31-18-11-12-24(31)25(32)29-28(19-22(28)6-2)26(33)36-7-3/h5-6,13-16,22,24H,1-2,7-12,17-20H2,3-4H3,(H,29,32)/t22-,24+,28-/m1/s1. The van der Waals surface area contributed by atoms with E-state index in [0.717, 1.165) is 37.0 Å². The lowest BCUT2D eigenvalue weighted by Crippen LogP contribution is -2.55. The van der Waals surface area contributed by atoms with Crippen LogP contribution in [0.25, 0.3) is 0 Å². The fraction of sp³-hybridized carbons (Fsp3) is 0.536. The van der Waals surface area contributed by atoms with Gasteiger partial charge in [-0.1, -0.05) is 24.3 Å². The number of esters is 1. The number of carbonyl (C=O) groups is 3. The first-order valence-electron chi connectivity index (χ1n) is 12.8. The SMILES string of the molecule is C=CCCCCN(Cc1ccc(OC)cc1)C(=O)N1CCC[C@H]1C(=O)N[C@]1(C(=O)OCC)C[C@H]1C=C. The van der Waals surface area contributed by atoms with E-state index in [2.05, 4.69) is 18.5 Å². The maximum atomic E-state index is 13.7. The highest BCUT2D eigenvalue weighted by molar-refractivity contribution is 5.95. The van der Waals surface area contributed by atoms with Crippen molar-refractivity contribution in [3.8, 4) is 5.75 Å². The van der Waals surface area contributed by atoms with Crippen molar-refractivity contribution in [1.29, 1.82) is 0 Å². The molecule has 36 heavy (non-hydrogen) atoms. The molecule has 1 aliphatic carbocycles. The second-order valence-corrected chi connectivity index (χ2v) is 9.42. The van der Waals surface area contributed by atoms with Crippen LogP contribution in [0.3, 0.4) is 0 Å². The summed E-state index contributed by atoms with van der Waals surface area (Å²) in [5.74, 6) is -0.161. The van der Waals surface area contributed by atoms with Crippen LogP contribution in [-0.2, 0) is 20.9 Å².